The Morgan fingerprint density at radius 2 is 2.07 bits per heavy atom. The molecule has 6 nitrogen and oxygen atoms in total. The summed E-state index contributed by atoms with van der Waals surface area (Å²) in [7, 11) is -1.18. The van der Waals surface area contributed by atoms with Crippen LogP contribution >= 0.6 is 0 Å². The van der Waals surface area contributed by atoms with Crippen molar-refractivity contribution in [1.29, 1.82) is 0 Å². The summed E-state index contributed by atoms with van der Waals surface area (Å²) in [5.41, 5.74) is 2.06. The summed E-state index contributed by atoms with van der Waals surface area (Å²) >= 11 is 0. The number of sulfone groups is 1. The Labute approximate surface area is 90.7 Å². The Morgan fingerprint density at radius 1 is 1.53 bits per heavy atom. The minimum Gasteiger partial charge on any atom is -0.305 e. The Kier molecular flexibility index (Phi) is 5.77. The monoisotopic (exact) mass is 237 g/mol. The molecule has 0 saturated carbocycles. The molecule has 1 atom stereocenters. The number of hydrogen-bond donors (Lipinski definition) is 2. The van der Waals surface area contributed by atoms with Gasteiger partial charge in [-0.15, -0.1) is 0 Å². The number of carbonyl (C=O) groups excluding carboxylic acids is 1. The van der Waals surface area contributed by atoms with Gasteiger partial charge in [-0.1, -0.05) is 6.92 Å². The van der Waals surface area contributed by atoms with E-state index in [0.29, 0.717) is 13.1 Å². The molecule has 90 valence electrons. The van der Waals surface area contributed by atoms with Gasteiger partial charge in [0.15, 0.2) is 0 Å². The van der Waals surface area contributed by atoms with E-state index < -0.39 is 9.84 Å². The number of hydrazine groups is 1. The standard InChI is InChI=1S/C8H19N3O3S/c1-7(8(12)10-9)6-11(2)4-5-15(3,13)14/h7H,4-6,9H2,1-3H3,(H,10,12). The van der Waals surface area contributed by atoms with Crippen LogP contribution in [0.3, 0.4) is 0 Å². The summed E-state index contributed by atoms with van der Waals surface area (Å²) in [5.74, 6) is 4.58. The molecule has 0 aliphatic carbocycles. The second-order valence-corrected chi connectivity index (χ2v) is 6.06. The van der Waals surface area contributed by atoms with Crippen LogP contribution in [0, 0.1) is 5.92 Å². The number of rotatable bonds is 6. The predicted octanol–water partition coefficient (Wildman–Crippen LogP) is -1.41. The quantitative estimate of drug-likeness (QED) is 0.336. The summed E-state index contributed by atoms with van der Waals surface area (Å²) in [6.07, 6.45) is 1.19. The number of amides is 1. The smallest absolute Gasteiger partial charge is 0.237 e. The molecule has 0 aliphatic heterocycles. The van der Waals surface area contributed by atoms with Crippen molar-refractivity contribution < 1.29 is 13.2 Å². The molecule has 0 aliphatic rings. The number of nitrogens with one attached hydrogen (secondary N) is 1. The average Bonchev–Trinajstić information content (AvgIpc) is 2.12. The van der Waals surface area contributed by atoms with Crippen molar-refractivity contribution in [3.63, 3.8) is 0 Å². The molecular formula is C8H19N3O3S. The van der Waals surface area contributed by atoms with Gasteiger partial charge >= 0.3 is 0 Å². The summed E-state index contributed by atoms with van der Waals surface area (Å²) < 4.78 is 21.8. The maximum Gasteiger partial charge on any atom is 0.237 e. The van der Waals surface area contributed by atoms with E-state index in [2.05, 4.69) is 5.43 Å². The van der Waals surface area contributed by atoms with Gasteiger partial charge in [0.05, 0.1) is 5.75 Å². The molecule has 0 rings (SSSR count). The molecule has 15 heavy (non-hydrogen) atoms. The van der Waals surface area contributed by atoms with Crippen molar-refractivity contribution in [2.75, 3.05) is 32.1 Å². The van der Waals surface area contributed by atoms with E-state index in [1.54, 1.807) is 18.9 Å². The molecule has 0 bridgehead atoms. The Balaban J connectivity index is 3.94. The van der Waals surface area contributed by atoms with Gasteiger partial charge in [0.25, 0.3) is 0 Å². The predicted molar refractivity (Wildman–Crippen MR) is 58.7 cm³/mol. The van der Waals surface area contributed by atoms with E-state index in [4.69, 9.17) is 5.84 Å². The summed E-state index contributed by atoms with van der Waals surface area (Å²) in [6.45, 7) is 2.64. The molecule has 0 aromatic heterocycles. The van der Waals surface area contributed by atoms with Gasteiger partial charge in [-0.25, -0.2) is 14.3 Å². The van der Waals surface area contributed by atoms with Gasteiger partial charge in [-0.2, -0.15) is 0 Å². The van der Waals surface area contributed by atoms with Gasteiger partial charge in [0.1, 0.15) is 9.84 Å². The number of hydrogen-bond acceptors (Lipinski definition) is 5. The van der Waals surface area contributed by atoms with Gasteiger partial charge in [0.2, 0.25) is 5.91 Å². The highest BCUT2D eigenvalue weighted by Gasteiger charge is 2.14. The molecule has 1 amide bonds. The lowest BCUT2D eigenvalue weighted by Gasteiger charge is -2.19. The average molecular weight is 237 g/mol. The van der Waals surface area contributed by atoms with Crippen LogP contribution in [-0.4, -0.2) is 51.4 Å². The van der Waals surface area contributed by atoms with Crippen LogP contribution in [0.15, 0.2) is 0 Å². The summed E-state index contributed by atoms with van der Waals surface area (Å²) in [4.78, 5) is 12.9. The first-order valence-electron chi connectivity index (χ1n) is 4.63. The van der Waals surface area contributed by atoms with E-state index in [0.717, 1.165) is 0 Å². The molecule has 0 fully saturated rings. The lowest BCUT2D eigenvalue weighted by molar-refractivity contribution is -0.125. The van der Waals surface area contributed by atoms with E-state index in [9.17, 15) is 13.2 Å². The number of carbonyl (C=O) groups is 1. The summed E-state index contributed by atoms with van der Waals surface area (Å²) in [5, 5.41) is 0. The van der Waals surface area contributed by atoms with E-state index in [1.165, 1.54) is 6.26 Å². The van der Waals surface area contributed by atoms with Crippen LogP contribution in [0.2, 0.25) is 0 Å². The topological polar surface area (TPSA) is 92.5 Å². The first-order valence-corrected chi connectivity index (χ1v) is 6.69. The maximum atomic E-state index is 11.1. The third kappa shape index (κ3) is 7.29. The van der Waals surface area contributed by atoms with Crippen molar-refractivity contribution >= 4 is 15.7 Å². The van der Waals surface area contributed by atoms with Gasteiger partial charge in [0, 0.05) is 25.3 Å². The molecule has 0 aromatic rings. The zero-order valence-electron chi connectivity index (χ0n) is 9.36. The van der Waals surface area contributed by atoms with Gasteiger partial charge in [-0.05, 0) is 7.05 Å². The van der Waals surface area contributed by atoms with Crippen molar-refractivity contribution in [3.8, 4) is 0 Å². The van der Waals surface area contributed by atoms with Crippen molar-refractivity contribution in [2.24, 2.45) is 11.8 Å². The number of nitrogens with zero attached hydrogens (tertiary/aromatic N) is 1. The lowest BCUT2D eigenvalue weighted by Crippen LogP contribution is -2.40. The fourth-order valence-corrected chi connectivity index (χ4v) is 1.75. The highest BCUT2D eigenvalue weighted by atomic mass is 32.2. The normalized spacial score (nSPS) is 13.9. The van der Waals surface area contributed by atoms with Crippen LogP contribution < -0.4 is 11.3 Å². The van der Waals surface area contributed by atoms with Gasteiger partial charge < -0.3 is 4.90 Å². The van der Waals surface area contributed by atoms with E-state index in [-0.39, 0.29) is 17.6 Å². The number of nitrogens with two attached hydrogens (primary N) is 1. The van der Waals surface area contributed by atoms with Crippen LogP contribution in [0.25, 0.3) is 0 Å². The van der Waals surface area contributed by atoms with Crippen molar-refractivity contribution in [1.82, 2.24) is 10.3 Å². The third-order valence-electron chi connectivity index (χ3n) is 2.02. The second-order valence-electron chi connectivity index (χ2n) is 3.80. The van der Waals surface area contributed by atoms with Crippen molar-refractivity contribution in [2.45, 2.75) is 6.92 Å². The highest BCUT2D eigenvalue weighted by Crippen LogP contribution is 1.98. The minimum atomic E-state index is -2.95. The van der Waals surface area contributed by atoms with Gasteiger partial charge in [-0.3, -0.25) is 10.2 Å². The highest BCUT2D eigenvalue weighted by molar-refractivity contribution is 7.90. The molecule has 0 heterocycles. The van der Waals surface area contributed by atoms with Crippen LogP contribution in [0.4, 0.5) is 0 Å². The molecular weight excluding hydrogens is 218 g/mol. The van der Waals surface area contributed by atoms with Crippen LogP contribution in [0.5, 0.6) is 0 Å². The van der Waals surface area contributed by atoms with Crippen LogP contribution in [-0.2, 0) is 14.6 Å². The largest absolute Gasteiger partial charge is 0.305 e. The van der Waals surface area contributed by atoms with Crippen molar-refractivity contribution in [3.05, 3.63) is 0 Å². The van der Waals surface area contributed by atoms with E-state index >= 15 is 0 Å². The molecule has 0 aromatic carbocycles. The fourth-order valence-electron chi connectivity index (χ4n) is 1.11. The molecule has 3 N–H and O–H groups in total. The zero-order chi connectivity index (χ0) is 12.1. The first-order chi connectivity index (χ1) is 6.76. The second kappa shape index (κ2) is 6.04. The molecule has 0 spiro atoms. The van der Waals surface area contributed by atoms with E-state index in [1.807, 2.05) is 0 Å². The Bertz CT molecular complexity index is 302. The fraction of sp³-hybridized carbons (Fsp3) is 0.875. The Morgan fingerprint density at radius 3 is 2.47 bits per heavy atom. The lowest BCUT2D eigenvalue weighted by atomic mass is 10.1. The van der Waals surface area contributed by atoms with Crippen LogP contribution in [0.1, 0.15) is 6.92 Å². The summed E-state index contributed by atoms with van der Waals surface area (Å²) in [6, 6.07) is 0. The maximum absolute atomic E-state index is 11.1. The molecule has 1 unspecified atom stereocenters. The molecule has 0 saturated heterocycles. The zero-order valence-corrected chi connectivity index (χ0v) is 10.2. The first kappa shape index (κ1) is 14.3. The Hall–Kier alpha value is -0.660. The molecule has 7 heteroatoms. The minimum absolute atomic E-state index is 0.0977. The third-order valence-corrected chi connectivity index (χ3v) is 2.94. The SMILES string of the molecule is CC(CN(C)CCS(C)(=O)=O)C(=O)NN. The molecule has 0 radical (unpaired) electrons.